The number of hydrogen-bond acceptors (Lipinski definition) is 7. The Labute approximate surface area is 306 Å². The van der Waals surface area contributed by atoms with Crippen molar-refractivity contribution in [3.05, 3.63) is 87.6 Å². The van der Waals surface area contributed by atoms with Crippen molar-refractivity contribution in [2.45, 2.75) is 75.8 Å². The van der Waals surface area contributed by atoms with Crippen LogP contribution in [-0.4, -0.2) is 108 Å². The molecule has 14 heteroatoms. The molecular formula is C39H47FN10O3. The van der Waals surface area contributed by atoms with Crippen molar-refractivity contribution in [3.8, 4) is 0 Å². The van der Waals surface area contributed by atoms with Gasteiger partial charge in [0.25, 0.3) is 5.56 Å². The number of aromatic nitrogens is 6. The van der Waals surface area contributed by atoms with Gasteiger partial charge >= 0.3 is 6.03 Å². The van der Waals surface area contributed by atoms with Crippen LogP contribution >= 0.6 is 0 Å². The molecule has 0 radical (unpaired) electrons. The molecule has 0 bridgehead atoms. The van der Waals surface area contributed by atoms with Crippen molar-refractivity contribution in [1.82, 2.24) is 50.0 Å². The predicted octanol–water partition coefficient (Wildman–Crippen LogP) is 4.35. The Morgan fingerprint density at radius 3 is 2.40 bits per heavy atom. The fraction of sp³-hybridized carbons (Fsp3) is 0.487. The molecule has 0 spiro atoms. The second-order valence-electron chi connectivity index (χ2n) is 15.2. The molecule has 13 nitrogen and oxygen atoms in total. The number of carbonyl (C=O) groups is 2. The number of carbonyl (C=O) groups excluding carboxylic acids is 2. The molecule has 3 amide bonds. The first-order chi connectivity index (χ1) is 25.7. The van der Waals surface area contributed by atoms with Crippen molar-refractivity contribution in [2.24, 2.45) is 7.05 Å². The quantitative estimate of drug-likeness (QED) is 0.226. The number of piperidine rings is 3. The summed E-state index contributed by atoms with van der Waals surface area (Å²) in [6.45, 7) is 6.25. The first-order valence-corrected chi connectivity index (χ1v) is 18.9. The summed E-state index contributed by atoms with van der Waals surface area (Å²) >= 11 is 0. The lowest BCUT2D eigenvalue weighted by molar-refractivity contribution is -0.135. The van der Waals surface area contributed by atoms with Crippen molar-refractivity contribution in [1.29, 1.82) is 0 Å². The van der Waals surface area contributed by atoms with E-state index in [1.807, 2.05) is 35.6 Å². The number of nitrogens with one attached hydrogen (secondary N) is 3. The minimum atomic E-state index is -0.730. The van der Waals surface area contributed by atoms with E-state index in [2.05, 4.69) is 41.7 Å². The van der Waals surface area contributed by atoms with Crippen LogP contribution in [0.4, 0.5) is 9.18 Å². The highest BCUT2D eigenvalue weighted by atomic mass is 19.1. The fourth-order valence-electron chi connectivity index (χ4n) is 8.85. The highest BCUT2D eigenvalue weighted by molar-refractivity contribution is 5.88. The number of fused-ring (bicyclic) bond motifs is 2. The minimum absolute atomic E-state index is 0.0294. The SMILES string of the molecule is Cc1cc(C[C@H](NC(=O)N2CCC(c3cc4ccc(F)cc4[nH]c3=O)CC2)C(=O)N2CCC(N3CCC(c4nncn4C)CC3)CC2)cc2cn[nH]c12. The van der Waals surface area contributed by atoms with Crippen LogP contribution < -0.4 is 10.9 Å². The van der Waals surface area contributed by atoms with Crippen LogP contribution in [0.3, 0.4) is 0 Å². The molecule has 3 N–H and O–H groups in total. The smallest absolute Gasteiger partial charge is 0.318 e. The number of urea groups is 1. The molecule has 3 fully saturated rings. The maximum absolute atomic E-state index is 14.3. The van der Waals surface area contributed by atoms with Crippen LogP contribution in [0.1, 0.15) is 72.9 Å². The Balaban J connectivity index is 0.918. The molecule has 3 aromatic heterocycles. The van der Waals surface area contributed by atoms with Crippen LogP contribution in [0.5, 0.6) is 0 Å². The van der Waals surface area contributed by atoms with Gasteiger partial charge in [-0.1, -0.05) is 6.07 Å². The predicted molar refractivity (Wildman–Crippen MR) is 199 cm³/mol. The molecular weight excluding hydrogens is 675 g/mol. The summed E-state index contributed by atoms with van der Waals surface area (Å²) in [7, 11) is 2.01. The second-order valence-corrected chi connectivity index (χ2v) is 15.2. The lowest BCUT2D eigenvalue weighted by Gasteiger charge is -2.42. The highest BCUT2D eigenvalue weighted by Crippen LogP contribution is 2.31. The van der Waals surface area contributed by atoms with Gasteiger partial charge in [-0.15, -0.1) is 10.2 Å². The third-order valence-corrected chi connectivity index (χ3v) is 11.8. The number of aromatic amines is 2. The Bertz CT molecular complexity index is 2170. The molecule has 3 aliphatic rings. The Hall–Kier alpha value is -5.11. The third-order valence-electron chi connectivity index (χ3n) is 11.8. The van der Waals surface area contributed by atoms with Gasteiger partial charge in [-0.25, -0.2) is 9.18 Å². The van der Waals surface area contributed by atoms with Crippen molar-refractivity contribution >= 4 is 33.7 Å². The number of rotatable bonds is 7. The molecule has 0 aliphatic carbocycles. The average Bonchev–Trinajstić information content (AvgIpc) is 3.83. The Kier molecular flexibility index (Phi) is 9.71. The zero-order valence-electron chi connectivity index (χ0n) is 30.4. The van der Waals surface area contributed by atoms with E-state index in [1.165, 1.54) is 12.1 Å². The zero-order chi connectivity index (χ0) is 36.6. The molecule has 0 saturated carbocycles. The van der Waals surface area contributed by atoms with Gasteiger partial charge in [0.05, 0.1) is 17.2 Å². The highest BCUT2D eigenvalue weighted by Gasteiger charge is 2.35. The number of aryl methyl sites for hydroxylation is 2. The normalized spacial score (nSPS) is 18.9. The number of benzene rings is 2. The number of nitrogens with zero attached hydrogens (tertiary/aromatic N) is 7. The fourth-order valence-corrected chi connectivity index (χ4v) is 8.85. The molecule has 2 aromatic carbocycles. The number of pyridine rings is 1. The first kappa shape index (κ1) is 34.9. The monoisotopic (exact) mass is 722 g/mol. The maximum atomic E-state index is 14.3. The first-order valence-electron chi connectivity index (χ1n) is 18.9. The van der Waals surface area contributed by atoms with Gasteiger partial charge in [0.15, 0.2) is 0 Å². The molecule has 53 heavy (non-hydrogen) atoms. The Morgan fingerprint density at radius 2 is 1.66 bits per heavy atom. The van der Waals surface area contributed by atoms with Gasteiger partial charge < -0.3 is 29.6 Å². The summed E-state index contributed by atoms with van der Waals surface area (Å²) in [6.07, 6.45) is 9.05. The van der Waals surface area contributed by atoms with Gasteiger partial charge in [0.1, 0.15) is 24.0 Å². The molecule has 5 aromatic rings. The van der Waals surface area contributed by atoms with Crippen LogP contribution in [0, 0.1) is 12.7 Å². The van der Waals surface area contributed by atoms with E-state index in [4.69, 9.17) is 0 Å². The van der Waals surface area contributed by atoms with E-state index >= 15 is 0 Å². The molecule has 1 atom stereocenters. The zero-order valence-corrected chi connectivity index (χ0v) is 30.4. The largest absolute Gasteiger partial charge is 0.341 e. The van der Waals surface area contributed by atoms with E-state index in [9.17, 15) is 18.8 Å². The van der Waals surface area contributed by atoms with E-state index in [1.54, 1.807) is 23.5 Å². The maximum Gasteiger partial charge on any atom is 0.318 e. The number of likely N-dealkylation sites (tertiary alicyclic amines) is 3. The van der Waals surface area contributed by atoms with Crippen LogP contribution in [-0.2, 0) is 18.3 Å². The van der Waals surface area contributed by atoms with E-state index < -0.39 is 11.9 Å². The molecule has 3 aliphatic heterocycles. The summed E-state index contributed by atoms with van der Waals surface area (Å²) in [4.78, 5) is 50.2. The van der Waals surface area contributed by atoms with Crippen LogP contribution in [0.2, 0.25) is 0 Å². The number of H-pyrrole nitrogens is 2. The summed E-state index contributed by atoms with van der Waals surface area (Å²) in [5.74, 6) is 0.998. The van der Waals surface area contributed by atoms with E-state index in [0.29, 0.717) is 68.5 Å². The molecule has 0 unspecified atom stereocenters. The van der Waals surface area contributed by atoms with Crippen molar-refractivity contribution in [3.63, 3.8) is 0 Å². The lowest BCUT2D eigenvalue weighted by Crippen LogP contribution is -2.56. The number of amides is 3. The molecule has 6 heterocycles. The number of hydrogen-bond donors (Lipinski definition) is 3. The summed E-state index contributed by atoms with van der Waals surface area (Å²) in [5.41, 5.74) is 3.86. The van der Waals surface area contributed by atoms with Crippen LogP contribution in [0.15, 0.2) is 53.7 Å². The number of halogens is 1. The van der Waals surface area contributed by atoms with E-state index in [-0.39, 0.29) is 23.4 Å². The third kappa shape index (κ3) is 7.28. The molecule has 278 valence electrons. The van der Waals surface area contributed by atoms with E-state index in [0.717, 1.165) is 72.0 Å². The molecule has 3 saturated heterocycles. The summed E-state index contributed by atoms with van der Waals surface area (Å²) in [5, 5.41) is 20.5. The topological polar surface area (TPSA) is 148 Å². The van der Waals surface area contributed by atoms with Gasteiger partial charge in [0.2, 0.25) is 5.91 Å². The Morgan fingerprint density at radius 1 is 0.925 bits per heavy atom. The van der Waals surface area contributed by atoms with Gasteiger partial charge in [-0.2, -0.15) is 5.10 Å². The van der Waals surface area contributed by atoms with Gasteiger partial charge in [-0.3, -0.25) is 14.7 Å². The van der Waals surface area contributed by atoms with Gasteiger partial charge in [0, 0.05) is 62.6 Å². The lowest BCUT2D eigenvalue weighted by atomic mass is 9.89. The summed E-state index contributed by atoms with van der Waals surface area (Å²) in [6, 6.07) is 9.75. The van der Waals surface area contributed by atoms with Gasteiger partial charge in [-0.05, 0) is 111 Å². The summed E-state index contributed by atoms with van der Waals surface area (Å²) < 4.78 is 15.7. The minimum Gasteiger partial charge on any atom is -0.341 e. The van der Waals surface area contributed by atoms with Crippen LogP contribution in [0.25, 0.3) is 21.8 Å². The van der Waals surface area contributed by atoms with Crippen molar-refractivity contribution < 1.29 is 14.0 Å². The second kappa shape index (κ2) is 14.7. The van der Waals surface area contributed by atoms with Crippen molar-refractivity contribution in [2.75, 3.05) is 39.3 Å². The average molecular weight is 723 g/mol. The molecule has 8 rings (SSSR count). The standard InChI is InChI=1S/C39H47FN10O3/c1-24-17-25(18-29-22-41-45-35(24)29)19-34(38(52)49-15-9-31(10-16-49)48-11-7-27(8-12-48)36-46-42-23-47(36)2)44-39(53)50-13-5-26(6-14-50)32-20-28-3-4-30(40)21-33(28)43-37(32)51/h3-4,17-18,20-23,26-27,31,34H,5-16,19H2,1-2H3,(H,41,45)(H,43,51)(H,44,53)/t34-/m0/s1.